The van der Waals surface area contributed by atoms with Gasteiger partial charge in [-0.15, -0.1) is 0 Å². The summed E-state index contributed by atoms with van der Waals surface area (Å²) in [5, 5.41) is 2.81. The molecule has 0 bridgehead atoms. The molecule has 3 heteroatoms. The van der Waals surface area contributed by atoms with E-state index < -0.39 is 0 Å². The first kappa shape index (κ1) is 11.0. The van der Waals surface area contributed by atoms with Crippen molar-refractivity contribution in [3.63, 3.8) is 0 Å². The van der Waals surface area contributed by atoms with Gasteiger partial charge in [0.25, 0.3) is 0 Å². The molecule has 0 radical (unpaired) electrons. The number of hydrogen-bond acceptors (Lipinski definition) is 3. The Morgan fingerprint density at radius 3 is 2.33 bits per heavy atom. The van der Waals surface area contributed by atoms with Crippen molar-refractivity contribution in [1.29, 1.82) is 0 Å². The van der Waals surface area contributed by atoms with E-state index >= 15 is 0 Å². The quantitative estimate of drug-likeness (QED) is 0.662. The van der Waals surface area contributed by atoms with Gasteiger partial charge in [-0.05, 0) is 0 Å². The molecule has 0 unspecified atom stereocenters. The predicted molar refractivity (Wildman–Crippen MR) is 50.4 cm³/mol. The Labute approximate surface area is 74.0 Å². The number of carbonyl (C=O) groups is 1. The average molecular weight is 170 g/mol. The van der Waals surface area contributed by atoms with Gasteiger partial charge in [0.2, 0.25) is 0 Å². The lowest BCUT2D eigenvalue weighted by Gasteiger charge is -2.16. The van der Waals surface area contributed by atoms with Crippen LogP contribution in [0.4, 0.5) is 0 Å². The summed E-state index contributed by atoms with van der Waals surface area (Å²) in [5.41, 5.74) is 5.02. The minimum absolute atomic E-state index is 0.233. The van der Waals surface area contributed by atoms with Crippen LogP contribution in [0, 0.1) is 5.41 Å². The highest BCUT2D eigenvalue weighted by Gasteiger charge is 2.19. The number of nitrogens with one attached hydrogen (secondary N) is 1. The third kappa shape index (κ3) is 4.77. The summed E-state index contributed by atoms with van der Waals surface area (Å²) in [7, 11) is 0. The molecule has 3 N–H and O–H groups in total. The highest BCUT2D eigenvalue weighted by atomic mass is 16.1. The second-order valence-electron chi connectivity index (χ2n) is 3.88. The van der Waals surface area contributed by atoms with Crippen LogP contribution in [-0.2, 0) is 4.79 Å². The molecule has 0 aromatic heterocycles. The maximum atomic E-state index is 11.3. The van der Waals surface area contributed by atoms with Crippen molar-refractivity contribution in [1.82, 2.24) is 5.32 Å². The molecule has 0 aliphatic carbocycles. The van der Waals surface area contributed by atoms with E-state index in [4.69, 9.17) is 5.73 Å². The molecule has 0 spiro atoms. The van der Waals surface area contributed by atoms with Crippen LogP contribution in [-0.4, -0.2) is 12.3 Å². The zero-order chi connectivity index (χ0) is 9.78. The summed E-state index contributed by atoms with van der Waals surface area (Å²) in [6, 6.07) is 0. The summed E-state index contributed by atoms with van der Waals surface area (Å²) >= 11 is 0. The summed E-state index contributed by atoms with van der Waals surface area (Å²) < 4.78 is 0. The summed E-state index contributed by atoms with van der Waals surface area (Å²) in [5.74, 6) is 0.646. The monoisotopic (exact) mass is 170 g/mol. The maximum Gasteiger partial charge on any atom is 0.139 e. The van der Waals surface area contributed by atoms with Gasteiger partial charge in [-0.2, -0.15) is 0 Å². The second kappa shape index (κ2) is 4.14. The SMILES string of the molecule is C=C(N)NCCC(=O)C(C)(C)C. The highest BCUT2D eigenvalue weighted by molar-refractivity contribution is 5.83. The van der Waals surface area contributed by atoms with Gasteiger partial charge in [0.15, 0.2) is 0 Å². The number of hydrogen-bond donors (Lipinski definition) is 2. The molecule has 0 fully saturated rings. The van der Waals surface area contributed by atoms with Crippen LogP contribution in [0.15, 0.2) is 12.4 Å². The molecule has 0 aromatic carbocycles. The fraction of sp³-hybridized carbons (Fsp3) is 0.667. The van der Waals surface area contributed by atoms with E-state index in [2.05, 4.69) is 11.9 Å². The number of ketones is 1. The Morgan fingerprint density at radius 2 is 2.00 bits per heavy atom. The van der Waals surface area contributed by atoms with Gasteiger partial charge in [0.05, 0.1) is 5.82 Å². The fourth-order valence-electron chi connectivity index (χ4n) is 0.712. The molecule has 0 amide bonds. The lowest BCUT2D eigenvalue weighted by molar-refractivity contribution is -0.126. The molecular weight excluding hydrogens is 152 g/mol. The first-order chi connectivity index (χ1) is 5.34. The average Bonchev–Trinajstić information content (AvgIpc) is 1.84. The van der Waals surface area contributed by atoms with Gasteiger partial charge >= 0.3 is 0 Å². The molecule has 0 aliphatic rings. The van der Waals surface area contributed by atoms with Gasteiger partial charge in [0, 0.05) is 18.4 Å². The normalized spacial score (nSPS) is 10.9. The van der Waals surface area contributed by atoms with Crippen LogP contribution in [0.25, 0.3) is 0 Å². The third-order valence-electron chi connectivity index (χ3n) is 1.54. The Balaban J connectivity index is 3.66. The molecule has 0 saturated heterocycles. The van der Waals surface area contributed by atoms with Gasteiger partial charge in [-0.3, -0.25) is 4.79 Å². The third-order valence-corrected chi connectivity index (χ3v) is 1.54. The lowest BCUT2D eigenvalue weighted by Crippen LogP contribution is -2.27. The Morgan fingerprint density at radius 1 is 1.50 bits per heavy atom. The first-order valence-electron chi connectivity index (χ1n) is 4.05. The number of nitrogens with two attached hydrogens (primary N) is 1. The van der Waals surface area contributed by atoms with Crippen molar-refractivity contribution in [2.45, 2.75) is 27.2 Å². The molecule has 0 aliphatic heterocycles. The van der Waals surface area contributed by atoms with Gasteiger partial charge < -0.3 is 11.1 Å². The van der Waals surface area contributed by atoms with Crippen molar-refractivity contribution in [2.75, 3.05) is 6.54 Å². The minimum Gasteiger partial charge on any atom is -0.386 e. The van der Waals surface area contributed by atoms with Crippen LogP contribution in [0.2, 0.25) is 0 Å². The summed E-state index contributed by atoms with van der Waals surface area (Å²) in [6.45, 7) is 9.77. The molecular formula is C9H18N2O. The molecule has 0 rings (SSSR count). The van der Waals surface area contributed by atoms with Crippen molar-refractivity contribution in [3.8, 4) is 0 Å². The van der Waals surface area contributed by atoms with Gasteiger partial charge in [-0.25, -0.2) is 0 Å². The molecule has 0 aromatic rings. The van der Waals surface area contributed by atoms with Crippen molar-refractivity contribution in [2.24, 2.45) is 11.1 Å². The fourth-order valence-corrected chi connectivity index (χ4v) is 0.712. The smallest absolute Gasteiger partial charge is 0.139 e. The van der Waals surface area contributed by atoms with Crippen LogP contribution in [0.5, 0.6) is 0 Å². The standard InChI is InChI=1S/C9H18N2O/c1-7(10)11-6-5-8(12)9(2,3)4/h11H,1,5-6,10H2,2-4H3. The Hall–Kier alpha value is -0.990. The summed E-state index contributed by atoms with van der Waals surface area (Å²) in [6.07, 6.45) is 0.500. The zero-order valence-corrected chi connectivity index (χ0v) is 8.11. The van der Waals surface area contributed by atoms with E-state index in [1.165, 1.54) is 0 Å². The van der Waals surface area contributed by atoms with Crippen LogP contribution in [0.3, 0.4) is 0 Å². The molecule has 0 atom stereocenters. The van der Waals surface area contributed by atoms with Crippen molar-refractivity contribution in [3.05, 3.63) is 12.4 Å². The molecule has 0 saturated carbocycles. The minimum atomic E-state index is -0.252. The molecule has 3 nitrogen and oxygen atoms in total. The first-order valence-corrected chi connectivity index (χ1v) is 4.05. The van der Waals surface area contributed by atoms with Gasteiger partial charge in [0.1, 0.15) is 5.78 Å². The van der Waals surface area contributed by atoms with E-state index in [9.17, 15) is 4.79 Å². The molecule has 0 heterocycles. The van der Waals surface area contributed by atoms with Gasteiger partial charge in [-0.1, -0.05) is 27.4 Å². The lowest BCUT2D eigenvalue weighted by atomic mass is 9.89. The van der Waals surface area contributed by atoms with Crippen LogP contribution < -0.4 is 11.1 Å². The maximum absolute atomic E-state index is 11.3. The van der Waals surface area contributed by atoms with Crippen LogP contribution >= 0.6 is 0 Å². The number of Topliss-reactive ketones (excluding diaryl/α,β-unsaturated/α-hetero) is 1. The molecule has 12 heavy (non-hydrogen) atoms. The summed E-state index contributed by atoms with van der Waals surface area (Å²) in [4.78, 5) is 11.3. The largest absolute Gasteiger partial charge is 0.386 e. The number of rotatable bonds is 4. The van der Waals surface area contributed by atoms with Crippen LogP contribution in [0.1, 0.15) is 27.2 Å². The molecule has 70 valence electrons. The van der Waals surface area contributed by atoms with E-state index in [1.807, 2.05) is 20.8 Å². The van der Waals surface area contributed by atoms with Crippen molar-refractivity contribution < 1.29 is 4.79 Å². The number of carbonyl (C=O) groups excluding carboxylic acids is 1. The second-order valence-corrected chi connectivity index (χ2v) is 3.88. The van der Waals surface area contributed by atoms with E-state index in [-0.39, 0.29) is 11.2 Å². The highest BCUT2D eigenvalue weighted by Crippen LogP contribution is 2.15. The van der Waals surface area contributed by atoms with E-state index in [0.29, 0.717) is 18.8 Å². The topological polar surface area (TPSA) is 55.1 Å². The van der Waals surface area contributed by atoms with E-state index in [0.717, 1.165) is 0 Å². The Bertz CT molecular complexity index is 179. The Kier molecular flexibility index (Phi) is 3.80. The predicted octanol–water partition coefficient (Wildman–Crippen LogP) is 1.01. The van der Waals surface area contributed by atoms with Crippen molar-refractivity contribution >= 4 is 5.78 Å². The zero-order valence-electron chi connectivity index (χ0n) is 8.11. The van der Waals surface area contributed by atoms with E-state index in [1.54, 1.807) is 0 Å².